The predicted molar refractivity (Wildman–Crippen MR) is 92.7 cm³/mol. The molecule has 0 spiro atoms. The van der Waals surface area contributed by atoms with E-state index >= 15 is 0 Å². The van der Waals surface area contributed by atoms with Crippen molar-refractivity contribution in [2.45, 2.75) is 46.0 Å². The van der Waals surface area contributed by atoms with Gasteiger partial charge in [0.1, 0.15) is 0 Å². The minimum Gasteiger partial charge on any atom is -0.381 e. The van der Waals surface area contributed by atoms with Gasteiger partial charge in [-0.3, -0.25) is 9.59 Å². The summed E-state index contributed by atoms with van der Waals surface area (Å²) in [5, 5.41) is 5.66. The van der Waals surface area contributed by atoms with E-state index in [4.69, 9.17) is 4.74 Å². The van der Waals surface area contributed by atoms with Crippen molar-refractivity contribution < 1.29 is 14.3 Å². The van der Waals surface area contributed by atoms with Crippen molar-refractivity contribution in [3.63, 3.8) is 0 Å². The number of carbonyl (C=O) groups excluding carboxylic acids is 2. The highest BCUT2D eigenvalue weighted by Crippen LogP contribution is 2.11. The molecule has 0 radical (unpaired) electrons. The van der Waals surface area contributed by atoms with Gasteiger partial charge in [-0.25, -0.2) is 0 Å². The Labute approximate surface area is 138 Å². The van der Waals surface area contributed by atoms with Crippen LogP contribution >= 0.6 is 0 Å². The average Bonchev–Trinajstić information content (AvgIpc) is 2.54. The second-order valence-corrected chi connectivity index (χ2v) is 5.45. The Morgan fingerprint density at radius 3 is 2.61 bits per heavy atom. The van der Waals surface area contributed by atoms with Crippen molar-refractivity contribution in [2.24, 2.45) is 0 Å². The number of anilines is 1. The zero-order chi connectivity index (χ0) is 16.9. The van der Waals surface area contributed by atoms with E-state index in [2.05, 4.69) is 17.6 Å². The second-order valence-electron chi connectivity index (χ2n) is 5.45. The molecule has 0 saturated heterocycles. The van der Waals surface area contributed by atoms with Crippen molar-refractivity contribution in [3.8, 4) is 0 Å². The Bertz CT molecular complexity index is 489. The zero-order valence-electron chi connectivity index (χ0n) is 14.2. The van der Waals surface area contributed by atoms with Crippen LogP contribution in [0.4, 0.5) is 5.69 Å². The lowest BCUT2D eigenvalue weighted by Crippen LogP contribution is -2.25. The van der Waals surface area contributed by atoms with Crippen LogP contribution < -0.4 is 10.6 Å². The Hall–Kier alpha value is -1.88. The first-order valence-corrected chi connectivity index (χ1v) is 8.43. The molecular weight excluding hydrogens is 292 g/mol. The summed E-state index contributed by atoms with van der Waals surface area (Å²) in [4.78, 5) is 23.7. The molecular formula is C18H28N2O3. The molecule has 0 bridgehead atoms. The molecule has 2 N–H and O–H groups in total. The lowest BCUT2D eigenvalue weighted by atomic mass is 10.2. The van der Waals surface area contributed by atoms with Gasteiger partial charge < -0.3 is 15.4 Å². The maximum atomic E-state index is 12.1. The van der Waals surface area contributed by atoms with Crippen LogP contribution in [-0.2, 0) is 9.53 Å². The number of nitrogens with one attached hydrogen (secondary N) is 2. The topological polar surface area (TPSA) is 67.4 Å². The normalized spacial score (nSPS) is 10.3. The molecule has 0 atom stereocenters. The van der Waals surface area contributed by atoms with Gasteiger partial charge in [-0.1, -0.05) is 26.3 Å². The summed E-state index contributed by atoms with van der Waals surface area (Å²) < 4.78 is 5.45. The standard InChI is InChI=1S/C18H28N2O3/c1-3-5-12-23-13-7-11-19-18(22)15-9-6-10-16(14-15)20-17(21)8-4-2/h6,9-10,14H,3-5,7-8,11-13H2,1-2H3,(H,19,22)(H,20,21). The van der Waals surface area contributed by atoms with Gasteiger partial charge in [0, 0.05) is 37.4 Å². The number of hydrogen-bond donors (Lipinski definition) is 2. The van der Waals surface area contributed by atoms with E-state index in [0.29, 0.717) is 30.8 Å². The predicted octanol–water partition coefficient (Wildman–Crippen LogP) is 3.36. The molecule has 0 aliphatic heterocycles. The summed E-state index contributed by atoms with van der Waals surface area (Å²) in [7, 11) is 0. The number of unbranched alkanes of at least 4 members (excludes halogenated alkanes) is 1. The third-order valence-electron chi connectivity index (χ3n) is 3.28. The van der Waals surface area contributed by atoms with Gasteiger partial charge in [-0.15, -0.1) is 0 Å². The third-order valence-corrected chi connectivity index (χ3v) is 3.28. The Kier molecular flexibility index (Phi) is 9.71. The van der Waals surface area contributed by atoms with E-state index in [-0.39, 0.29) is 11.8 Å². The fraction of sp³-hybridized carbons (Fsp3) is 0.556. The van der Waals surface area contributed by atoms with E-state index in [9.17, 15) is 9.59 Å². The molecule has 0 unspecified atom stereocenters. The van der Waals surface area contributed by atoms with Crippen molar-refractivity contribution in [1.29, 1.82) is 0 Å². The van der Waals surface area contributed by atoms with Crippen LogP contribution in [-0.4, -0.2) is 31.6 Å². The summed E-state index contributed by atoms with van der Waals surface area (Å²) in [6.07, 6.45) is 4.27. The lowest BCUT2D eigenvalue weighted by Gasteiger charge is -2.08. The molecule has 0 aliphatic carbocycles. The Morgan fingerprint density at radius 1 is 1.09 bits per heavy atom. The maximum Gasteiger partial charge on any atom is 0.251 e. The van der Waals surface area contributed by atoms with Gasteiger partial charge in [0.25, 0.3) is 5.91 Å². The van der Waals surface area contributed by atoms with Gasteiger partial charge in [0.2, 0.25) is 5.91 Å². The quantitative estimate of drug-likeness (QED) is 0.614. The number of rotatable bonds is 11. The monoisotopic (exact) mass is 320 g/mol. The molecule has 5 heteroatoms. The molecule has 0 heterocycles. The smallest absolute Gasteiger partial charge is 0.251 e. The summed E-state index contributed by atoms with van der Waals surface area (Å²) >= 11 is 0. The van der Waals surface area contributed by atoms with E-state index in [1.54, 1.807) is 24.3 Å². The zero-order valence-corrected chi connectivity index (χ0v) is 14.2. The fourth-order valence-corrected chi connectivity index (χ4v) is 2.02. The van der Waals surface area contributed by atoms with Gasteiger partial charge in [0.15, 0.2) is 0 Å². The first-order valence-electron chi connectivity index (χ1n) is 8.43. The molecule has 1 aromatic rings. The van der Waals surface area contributed by atoms with Crippen LogP contribution in [0.2, 0.25) is 0 Å². The highest BCUT2D eigenvalue weighted by molar-refractivity contribution is 5.97. The van der Waals surface area contributed by atoms with Gasteiger partial charge >= 0.3 is 0 Å². The van der Waals surface area contributed by atoms with Crippen LogP contribution in [0, 0.1) is 0 Å². The van der Waals surface area contributed by atoms with E-state index < -0.39 is 0 Å². The largest absolute Gasteiger partial charge is 0.381 e. The van der Waals surface area contributed by atoms with Crippen LogP contribution in [0.1, 0.15) is 56.3 Å². The molecule has 0 fully saturated rings. The Morgan fingerprint density at radius 2 is 1.87 bits per heavy atom. The molecule has 1 rings (SSSR count). The molecule has 1 aromatic carbocycles. The van der Waals surface area contributed by atoms with E-state index in [0.717, 1.165) is 32.3 Å². The van der Waals surface area contributed by atoms with E-state index in [1.165, 1.54) is 0 Å². The van der Waals surface area contributed by atoms with Gasteiger partial charge in [0.05, 0.1) is 0 Å². The van der Waals surface area contributed by atoms with Crippen molar-refractivity contribution in [1.82, 2.24) is 5.32 Å². The number of amides is 2. The van der Waals surface area contributed by atoms with Gasteiger partial charge in [-0.05, 0) is 37.5 Å². The van der Waals surface area contributed by atoms with Gasteiger partial charge in [-0.2, -0.15) is 0 Å². The minimum absolute atomic E-state index is 0.0331. The molecule has 0 aromatic heterocycles. The van der Waals surface area contributed by atoms with Crippen molar-refractivity contribution >= 4 is 17.5 Å². The summed E-state index contributed by atoms with van der Waals surface area (Å²) in [6, 6.07) is 6.99. The SMILES string of the molecule is CCCCOCCCNC(=O)c1cccc(NC(=O)CCC)c1. The first kappa shape index (κ1) is 19.2. The first-order chi connectivity index (χ1) is 11.2. The van der Waals surface area contributed by atoms with Crippen LogP contribution in [0.25, 0.3) is 0 Å². The molecule has 23 heavy (non-hydrogen) atoms. The van der Waals surface area contributed by atoms with E-state index in [1.807, 2.05) is 6.92 Å². The Balaban J connectivity index is 2.34. The molecule has 2 amide bonds. The highest BCUT2D eigenvalue weighted by Gasteiger charge is 2.07. The number of hydrogen-bond acceptors (Lipinski definition) is 3. The molecule has 5 nitrogen and oxygen atoms in total. The maximum absolute atomic E-state index is 12.1. The van der Waals surface area contributed by atoms with Crippen LogP contribution in [0.5, 0.6) is 0 Å². The van der Waals surface area contributed by atoms with Crippen molar-refractivity contribution in [2.75, 3.05) is 25.1 Å². The molecule has 0 saturated carbocycles. The molecule has 128 valence electrons. The van der Waals surface area contributed by atoms with Crippen molar-refractivity contribution in [3.05, 3.63) is 29.8 Å². The second kappa shape index (κ2) is 11.7. The number of ether oxygens (including phenoxy) is 1. The molecule has 0 aliphatic rings. The number of carbonyl (C=O) groups is 2. The summed E-state index contributed by atoms with van der Waals surface area (Å²) in [6.45, 7) is 6.10. The van der Waals surface area contributed by atoms with Crippen LogP contribution in [0.15, 0.2) is 24.3 Å². The fourth-order valence-electron chi connectivity index (χ4n) is 2.02. The van der Waals surface area contributed by atoms with Crippen LogP contribution in [0.3, 0.4) is 0 Å². The summed E-state index contributed by atoms with van der Waals surface area (Å²) in [5.74, 6) is -0.167. The summed E-state index contributed by atoms with van der Waals surface area (Å²) in [5.41, 5.74) is 1.20. The number of benzene rings is 1. The third kappa shape index (κ3) is 8.35. The highest BCUT2D eigenvalue weighted by atomic mass is 16.5. The lowest BCUT2D eigenvalue weighted by molar-refractivity contribution is -0.116. The minimum atomic E-state index is -0.134. The average molecular weight is 320 g/mol.